The van der Waals surface area contributed by atoms with Crippen LogP contribution >= 0.6 is 0 Å². The molecule has 9 heteroatoms. The highest BCUT2D eigenvalue weighted by atomic mass is 19.1. The molecule has 2 amide bonds. The van der Waals surface area contributed by atoms with Crippen LogP contribution in [0.25, 0.3) is 0 Å². The van der Waals surface area contributed by atoms with Gasteiger partial charge in [-0.25, -0.2) is 8.78 Å². The van der Waals surface area contributed by atoms with Crippen LogP contribution in [0.3, 0.4) is 0 Å². The number of nitrogens with one attached hydrogen (secondary N) is 3. The maximum atomic E-state index is 14.2. The molecule has 2 unspecified atom stereocenters. The molecule has 0 bridgehead atoms. The largest absolute Gasteiger partial charge is 0.390 e. The molecule has 3 aromatic carbocycles. The first-order valence-corrected chi connectivity index (χ1v) is 17.8. The quantitative estimate of drug-likeness (QED) is 0.167. The Bertz CT molecular complexity index is 1670. The first-order chi connectivity index (χ1) is 24.1. The van der Waals surface area contributed by atoms with Crippen molar-refractivity contribution in [1.82, 2.24) is 20.9 Å². The van der Waals surface area contributed by atoms with Crippen LogP contribution in [0.15, 0.2) is 96.1 Å². The molecule has 1 aliphatic heterocycles. The van der Waals surface area contributed by atoms with Crippen molar-refractivity contribution in [2.45, 2.75) is 71.7 Å². The molecule has 1 fully saturated rings. The monoisotopic (exact) mass is 684 g/mol. The lowest BCUT2D eigenvalue weighted by atomic mass is 9.66. The van der Waals surface area contributed by atoms with Crippen molar-refractivity contribution in [3.8, 4) is 0 Å². The number of halogens is 2. The van der Waals surface area contributed by atoms with Gasteiger partial charge in [0.2, 0.25) is 11.8 Å². The minimum absolute atomic E-state index is 0.00915. The molecule has 0 aromatic heterocycles. The number of likely N-dealkylation sites (tertiary alicyclic amines) is 1. The highest BCUT2D eigenvalue weighted by Crippen LogP contribution is 2.45. The summed E-state index contributed by atoms with van der Waals surface area (Å²) >= 11 is 0. The standard InChI is InChI=1S/C41H50F2N4O3/c1-4-29-12-9-13-31(17-29)24-44-25-38(48)37(20-32-18-35(42)21-36(43)19-32)46-39(49)33-16-28(3)22-41(23-33,40(50)45-5-2)34-14-15-47(27-34)26-30-10-7-6-8-11-30/h6-13,16-19,21-22,34,37-38,44,48H,4-5,14-15,20,23-27H2,1-3H3,(H,45,50)(H,46,49)/t34?,37-,38+,41?/m0/s1. The first-order valence-electron chi connectivity index (χ1n) is 17.8. The molecule has 266 valence electrons. The van der Waals surface area contributed by atoms with Gasteiger partial charge in [0.25, 0.3) is 0 Å². The van der Waals surface area contributed by atoms with E-state index in [9.17, 15) is 23.5 Å². The average molecular weight is 685 g/mol. The third-order valence-corrected chi connectivity index (χ3v) is 9.91. The Morgan fingerprint density at radius 2 is 1.68 bits per heavy atom. The second-order valence-corrected chi connectivity index (χ2v) is 13.8. The van der Waals surface area contributed by atoms with Crippen LogP contribution in [0.5, 0.6) is 0 Å². The number of nitrogens with zero attached hydrogens (tertiary/aromatic N) is 1. The molecular formula is C41H50F2N4O3. The zero-order valence-corrected chi connectivity index (χ0v) is 29.4. The number of aliphatic hydroxyl groups excluding tert-OH is 1. The van der Waals surface area contributed by atoms with E-state index >= 15 is 0 Å². The predicted molar refractivity (Wildman–Crippen MR) is 193 cm³/mol. The van der Waals surface area contributed by atoms with Gasteiger partial charge in [-0.3, -0.25) is 14.5 Å². The van der Waals surface area contributed by atoms with Crippen LogP contribution < -0.4 is 16.0 Å². The number of aryl methyl sites for hydroxylation is 1. The summed E-state index contributed by atoms with van der Waals surface area (Å²) in [6.07, 6.45) is 4.67. The van der Waals surface area contributed by atoms with Gasteiger partial charge >= 0.3 is 0 Å². The van der Waals surface area contributed by atoms with Gasteiger partial charge in [0.1, 0.15) is 11.6 Å². The minimum Gasteiger partial charge on any atom is -0.390 e. The molecule has 0 radical (unpaired) electrons. The third kappa shape index (κ3) is 9.53. The summed E-state index contributed by atoms with van der Waals surface area (Å²) in [6, 6.07) is 20.8. The number of hydrogen-bond acceptors (Lipinski definition) is 5. The van der Waals surface area contributed by atoms with Crippen molar-refractivity contribution in [2.75, 3.05) is 26.2 Å². The number of benzene rings is 3. The lowest BCUT2D eigenvalue weighted by molar-refractivity contribution is -0.131. The van der Waals surface area contributed by atoms with Crippen LogP contribution in [-0.4, -0.2) is 60.1 Å². The van der Waals surface area contributed by atoms with Crippen molar-refractivity contribution in [3.05, 3.63) is 130 Å². The van der Waals surface area contributed by atoms with Crippen molar-refractivity contribution in [1.29, 1.82) is 0 Å². The summed E-state index contributed by atoms with van der Waals surface area (Å²) in [7, 11) is 0. The van der Waals surface area contributed by atoms with Crippen LogP contribution in [0.1, 0.15) is 55.9 Å². The van der Waals surface area contributed by atoms with Crippen LogP contribution in [0, 0.1) is 23.0 Å². The molecule has 50 heavy (non-hydrogen) atoms. The van der Waals surface area contributed by atoms with Gasteiger partial charge in [-0.2, -0.15) is 0 Å². The van der Waals surface area contributed by atoms with Crippen molar-refractivity contribution < 1.29 is 23.5 Å². The fourth-order valence-corrected chi connectivity index (χ4v) is 7.44. The van der Waals surface area contributed by atoms with Gasteiger partial charge in [-0.05, 0) is 86.4 Å². The summed E-state index contributed by atoms with van der Waals surface area (Å²) in [4.78, 5) is 30.4. The summed E-state index contributed by atoms with van der Waals surface area (Å²) in [5, 5.41) is 20.7. The van der Waals surface area contributed by atoms with E-state index in [1.54, 1.807) is 6.08 Å². The van der Waals surface area contributed by atoms with Gasteiger partial charge in [0, 0.05) is 44.4 Å². The van der Waals surface area contributed by atoms with Crippen molar-refractivity contribution >= 4 is 11.8 Å². The van der Waals surface area contributed by atoms with E-state index in [1.165, 1.54) is 23.3 Å². The molecule has 1 heterocycles. The van der Waals surface area contributed by atoms with Crippen LogP contribution in [0.2, 0.25) is 0 Å². The molecule has 7 nitrogen and oxygen atoms in total. The normalized spacial score (nSPS) is 20.5. The van der Waals surface area contributed by atoms with Crippen LogP contribution in [-0.2, 0) is 35.5 Å². The fourth-order valence-electron chi connectivity index (χ4n) is 7.44. The van der Waals surface area contributed by atoms with E-state index in [0.29, 0.717) is 30.8 Å². The van der Waals surface area contributed by atoms with E-state index in [0.717, 1.165) is 43.1 Å². The number of allylic oxidation sites excluding steroid dienone is 2. The Morgan fingerprint density at radius 1 is 0.960 bits per heavy atom. The Morgan fingerprint density at radius 3 is 2.40 bits per heavy atom. The number of aliphatic hydroxyl groups is 1. The average Bonchev–Trinajstić information content (AvgIpc) is 3.56. The van der Waals surface area contributed by atoms with Crippen molar-refractivity contribution in [3.63, 3.8) is 0 Å². The van der Waals surface area contributed by atoms with Gasteiger partial charge in [-0.15, -0.1) is 0 Å². The van der Waals surface area contributed by atoms with Gasteiger partial charge in [0.15, 0.2) is 0 Å². The van der Waals surface area contributed by atoms with Crippen LogP contribution in [0.4, 0.5) is 8.78 Å². The zero-order chi connectivity index (χ0) is 35.7. The maximum absolute atomic E-state index is 14.2. The highest BCUT2D eigenvalue weighted by Gasteiger charge is 2.48. The summed E-state index contributed by atoms with van der Waals surface area (Å²) in [6.45, 7) is 9.33. The number of rotatable bonds is 15. The zero-order valence-electron chi connectivity index (χ0n) is 29.4. The molecular weight excluding hydrogens is 634 g/mol. The smallest absolute Gasteiger partial charge is 0.247 e. The molecule has 1 aliphatic carbocycles. The fraction of sp³-hybridized carbons (Fsp3) is 0.415. The Balaban J connectivity index is 1.34. The highest BCUT2D eigenvalue weighted by molar-refractivity contribution is 5.97. The lowest BCUT2D eigenvalue weighted by Crippen LogP contribution is -2.51. The predicted octanol–water partition coefficient (Wildman–Crippen LogP) is 5.63. The second-order valence-electron chi connectivity index (χ2n) is 13.8. The number of amides is 2. The summed E-state index contributed by atoms with van der Waals surface area (Å²) < 4.78 is 28.4. The molecule has 0 saturated carbocycles. The summed E-state index contributed by atoms with van der Waals surface area (Å²) in [5.41, 5.74) is 4.12. The van der Waals surface area contributed by atoms with Gasteiger partial charge < -0.3 is 21.1 Å². The molecule has 3 aromatic rings. The Kier molecular flexibility index (Phi) is 12.7. The van der Waals surface area contributed by atoms with E-state index in [-0.39, 0.29) is 31.2 Å². The second kappa shape index (κ2) is 17.2. The number of carbonyl (C=O) groups excluding carboxylic acids is 2. The van der Waals surface area contributed by atoms with E-state index in [2.05, 4.69) is 52.0 Å². The van der Waals surface area contributed by atoms with Gasteiger partial charge in [-0.1, -0.05) is 79.2 Å². The molecule has 0 spiro atoms. The number of carbonyl (C=O) groups is 2. The molecule has 4 N–H and O–H groups in total. The lowest BCUT2D eigenvalue weighted by Gasteiger charge is -2.38. The van der Waals surface area contributed by atoms with E-state index in [1.807, 2.05) is 50.3 Å². The minimum atomic E-state index is -1.07. The molecule has 5 rings (SSSR count). The van der Waals surface area contributed by atoms with Crippen molar-refractivity contribution in [2.24, 2.45) is 11.3 Å². The Labute approximate surface area is 294 Å². The van der Waals surface area contributed by atoms with Gasteiger partial charge in [0.05, 0.1) is 17.6 Å². The third-order valence-electron chi connectivity index (χ3n) is 9.91. The molecule has 2 aliphatic rings. The maximum Gasteiger partial charge on any atom is 0.247 e. The van der Waals surface area contributed by atoms with E-state index < -0.39 is 35.1 Å². The topological polar surface area (TPSA) is 93.7 Å². The SMILES string of the molecule is CCNC(=O)C1(C2CCN(Cc3ccccc3)C2)C=C(C)C=C(C(=O)N[C@@H](Cc2cc(F)cc(F)c2)[C@H](O)CNCc2cccc(CC)c2)C1. The summed E-state index contributed by atoms with van der Waals surface area (Å²) in [5.74, 6) is -1.99. The molecule has 1 saturated heterocycles. The number of hydrogen-bond donors (Lipinski definition) is 4. The molecule has 4 atom stereocenters. The first kappa shape index (κ1) is 37.1. The van der Waals surface area contributed by atoms with E-state index in [4.69, 9.17) is 0 Å². The Hall–Kier alpha value is -4.18.